The number of nitrogens with one attached hydrogen (secondary N) is 1. The molecule has 2 heteroatoms. The molecule has 88 valence electrons. The summed E-state index contributed by atoms with van der Waals surface area (Å²) in [6.07, 6.45) is 5.29. The summed E-state index contributed by atoms with van der Waals surface area (Å²) in [6, 6.07) is 9.75. The maximum atomic E-state index is 3.60. The van der Waals surface area contributed by atoms with Crippen molar-refractivity contribution in [2.75, 3.05) is 6.54 Å². The molecule has 1 aliphatic carbocycles. The zero-order valence-electron chi connectivity index (χ0n) is 9.88. The predicted molar refractivity (Wildman–Crippen MR) is 77.7 cm³/mol. The summed E-state index contributed by atoms with van der Waals surface area (Å²) in [5.41, 5.74) is 1.47. The fourth-order valence-corrected chi connectivity index (χ4v) is 2.18. The molecule has 0 radical (unpaired) electrons. The second kappa shape index (κ2) is 6.01. The number of hydrogen-bond acceptors (Lipinski definition) is 1. The van der Waals surface area contributed by atoms with Crippen LogP contribution in [0.2, 0.25) is 0 Å². The van der Waals surface area contributed by atoms with Gasteiger partial charge in [0, 0.05) is 9.61 Å². The Kier molecular flexibility index (Phi) is 4.65. The second-order valence-electron chi connectivity index (χ2n) is 4.95. The third kappa shape index (κ3) is 4.42. The smallest absolute Gasteiger partial charge is 0.0130 e. The van der Waals surface area contributed by atoms with Gasteiger partial charge in [-0.3, -0.25) is 0 Å². The van der Waals surface area contributed by atoms with Gasteiger partial charge in [0.2, 0.25) is 0 Å². The number of hydrogen-bond donors (Lipinski definition) is 1. The van der Waals surface area contributed by atoms with E-state index in [9.17, 15) is 0 Å². The number of halogens is 1. The maximum absolute atomic E-state index is 3.60. The molecule has 1 fully saturated rings. The maximum Gasteiger partial charge on any atom is 0.0130 e. The summed E-state index contributed by atoms with van der Waals surface area (Å²) >= 11 is 2.36. The SMILES string of the molecule is CC(CCc1ccc(I)cc1)CNC1CC1. The Bertz CT molecular complexity index is 316. The highest BCUT2D eigenvalue weighted by Gasteiger charge is 2.20. The fraction of sp³-hybridized carbons (Fsp3) is 0.571. The number of benzene rings is 1. The topological polar surface area (TPSA) is 12.0 Å². The monoisotopic (exact) mass is 329 g/mol. The van der Waals surface area contributed by atoms with Crippen LogP contribution in [0.3, 0.4) is 0 Å². The first-order valence-electron chi connectivity index (χ1n) is 6.22. The van der Waals surface area contributed by atoms with Gasteiger partial charge in [-0.05, 0) is 78.4 Å². The van der Waals surface area contributed by atoms with Gasteiger partial charge in [-0.2, -0.15) is 0 Å². The fourth-order valence-electron chi connectivity index (χ4n) is 1.82. The average molecular weight is 329 g/mol. The molecule has 16 heavy (non-hydrogen) atoms. The van der Waals surface area contributed by atoms with Crippen molar-refractivity contribution >= 4 is 22.6 Å². The zero-order valence-corrected chi connectivity index (χ0v) is 12.0. The van der Waals surface area contributed by atoms with Crippen LogP contribution in [0.15, 0.2) is 24.3 Å². The summed E-state index contributed by atoms with van der Waals surface area (Å²) in [4.78, 5) is 0. The Morgan fingerprint density at radius 3 is 2.62 bits per heavy atom. The summed E-state index contributed by atoms with van der Waals surface area (Å²) in [6.45, 7) is 3.54. The molecule has 1 saturated carbocycles. The second-order valence-corrected chi connectivity index (χ2v) is 6.20. The molecule has 2 rings (SSSR count). The molecule has 1 unspecified atom stereocenters. The van der Waals surface area contributed by atoms with Gasteiger partial charge >= 0.3 is 0 Å². The lowest BCUT2D eigenvalue weighted by atomic mass is 10.0. The van der Waals surface area contributed by atoms with E-state index in [2.05, 4.69) is 59.1 Å². The molecular weight excluding hydrogens is 309 g/mol. The van der Waals surface area contributed by atoms with Crippen LogP contribution >= 0.6 is 22.6 Å². The lowest BCUT2D eigenvalue weighted by Crippen LogP contribution is -2.23. The molecule has 0 amide bonds. The minimum Gasteiger partial charge on any atom is -0.314 e. The van der Waals surface area contributed by atoms with E-state index < -0.39 is 0 Å². The van der Waals surface area contributed by atoms with Gasteiger partial charge in [0.1, 0.15) is 0 Å². The molecule has 1 aliphatic rings. The Balaban J connectivity index is 1.67. The van der Waals surface area contributed by atoms with Crippen molar-refractivity contribution in [2.45, 2.75) is 38.6 Å². The van der Waals surface area contributed by atoms with Gasteiger partial charge in [-0.25, -0.2) is 0 Å². The standard InChI is InChI=1S/C14H20IN/c1-11(10-16-14-8-9-14)2-3-12-4-6-13(15)7-5-12/h4-7,11,14,16H,2-3,8-10H2,1H3. The highest BCUT2D eigenvalue weighted by molar-refractivity contribution is 14.1. The first kappa shape index (κ1) is 12.4. The normalized spacial score (nSPS) is 17.4. The van der Waals surface area contributed by atoms with E-state index in [1.807, 2.05) is 0 Å². The van der Waals surface area contributed by atoms with Crippen LogP contribution in [0.1, 0.15) is 31.7 Å². The van der Waals surface area contributed by atoms with Crippen molar-refractivity contribution in [3.05, 3.63) is 33.4 Å². The van der Waals surface area contributed by atoms with Gasteiger partial charge in [0.15, 0.2) is 0 Å². The van der Waals surface area contributed by atoms with Gasteiger partial charge in [-0.15, -0.1) is 0 Å². The van der Waals surface area contributed by atoms with E-state index in [1.165, 1.54) is 41.4 Å². The van der Waals surface area contributed by atoms with E-state index >= 15 is 0 Å². The highest BCUT2D eigenvalue weighted by atomic mass is 127. The van der Waals surface area contributed by atoms with Crippen LogP contribution in [-0.4, -0.2) is 12.6 Å². The van der Waals surface area contributed by atoms with E-state index in [1.54, 1.807) is 0 Å². The average Bonchev–Trinajstić information content (AvgIpc) is 3.09. The summed E-state index contributed by atoms with van der Waals surface area (Å²) in [7, 11) is 0. The molecule has 0 saturated heterocycles. The molecule has 0 spiro atoms. The Hall–Kier alpha value is -0.0900. The van der Waals surface area contributed by atoms with Crippen molar-refractivity contribution in [3.63, 3.8) is 0 Å². The molecular formula is C14H20IN. The minimum absolute atomic E-state index is 0.792. The molecule has 1 aromatic carbocycles. The van der Waals surface area contributed by atoms with Crippen LogP contribution in [0.5, 0.6) is 0 Å². The van der Waals surface area contributed by atoms with Gasteiger partial charge in [0.25, 0.3) is 0 Å². The molecule has 0 aromatic heterocycles. The van der Waals surface area contributed by atoms with Crippen molar-refractivity contribution in [1.29, 1.82) is 0 Å². The van der Waals surface area contributed by atoms with Crippen molar-refractivity contribution in [2.24, 2.45) is 5.92 Å². The summed E-state index contributed by atoms with van der Waals surface area (Å²) < 4.78 is 1.32. The van der Waals surface area contributed by atoms with Crippen LogP contribution in [0.25, 0.3) is 0 Å². The first-order valence-corrected chi connectivity index (χ1v) is 7.30. The zero-order chi connectivity index (χ0) is 11.4. The lowest BCUT2D eigenvalue weighted by Gasteiger charge is -2.12. The Morgan fingerprint density at radius 2 is 2.00 bits per heavy atom. The van der Waals surface area contributed by atoms with Crippen LogP contribution in [0.4, 0.5) is 0 Å². The minimum atomic E-state index is 0.792. The van der Waals surface area contributed by atoms with Gasteiger partial charge < -0.3 is 5.32 Å². The van der Waals surface area contributed by atoms with E-state index in [4.69, 9.17) is 0 Å². The van der Waals surface area contributed by atoms with Crippen LogP contribution in [-0.2, 0) is 6.42 Å². The Labute approximate surface area is 112 Å². The molecule has 1 atom stereocenters. The molecule has 0 heterocycles. The molecule has 0 aliphatic heterocycles. The molecule has 0 bridgehead atoms. The van der Waals surface area contributed by atoms with Crippen LogP contribution in [0, 0.1) is 9.49 Å². The van der Waals surface area contributed by atoms with Crippen molar-refractivity contribution in [3.8, 4) is 0 Å². The first-order chi connectivity index (χ1) is 7.74. The van der Waals surface area contributed by atoms with Gasteiger partial charge in [0.05, 0.1) is 0 Å². The summed E-state index contributed by atoms with van der Waals surface area (Å²) in [5.74, 6) is 0.792. The van der Waals surface area contributed by atoms with E-state index in [0.717, 1.165) is 12.0 Å². The molecule has 1 nitrogen and oxygen atoms in total. The number of aryl methyl sites for hydroxylation is 1. The van der Waals surface area contributed by atoms with Crippen molar-refractivity contribution in [1.82, 2.24) is 5.32 Å². The van der Waals surface area contributed by atoms with Crippen LogP contribution < -0.4 is 5.32 Å². The highest BCUT2D eigenvalue weighted by Crippen LogP contribution is 2.19. The third-order valence-corrected chi connectivity index (χ3v) is 3.89. The van der Waals surface area contributed by atoms with Crippen molar-refractivity contribution < 1.29 is 0 Å². The molecule has 1 N–H and O–H groups in total. The largest absolute Gasteiger partial charge is 0.314 e. The Morgan fingerprint density at radius 1 is 1.31 bits per heavy atom. The third-order valence-electron chi connectivity index (χ3n) is 3.17. The lowest BCUT2D eigenvalue weighted by molar-refractivity contribution is 0.480. The molecule has 1 aromatic rings. The van der Waals surface area contributed by atoms with Gasteiger partial charge in [-0.1, -0.05) is 19.1 Å². The number of rotatable bonds is 6. The predicted octanol–water partition coefficient (Wildman–Crippen LogP) is 3.61. The summed E-state index contributed by atoms with van der Waals surface area (Å²) in [5, 5.41) is 3.60. The quantitative estimate of drug-likeness (QED) is 0.786. The van der Waals surface area contributed by atoms with E-state index in [0.29, 0.717) is 0 Å². The van der Waals surface area contributed by atoms with E-state index in [-0.39, 0.29) is 0 Å².